The molecule has 0 spiro atoms. The van der Waals surface area contributed by atoms with Gasteiger partial charge in [-0.2, -0.15) is 13.2 Å². The Kier molecular flexibility index (Phi) is 6.94. The minimum atomic E-state index is -4.90. The number of nitrogens with one attached hydrogen (secondary N) is 1. The molecule has 0 amide bonds. The van der Waals surface area contributed by atoms with Gasteiger partial charge in [0.15, 0.2) is 1.41 Å². The van der Waals surface area contributed by atoms with E-state index in [9.17, 15) is 38.1 Å². The third kappa shape index (κ3) is 5.17. The monoisotopic (exact) mass is 470 g/mol. The maximum absolute atomic E-state index is 14.0. The van der Waals surface area contributed by atoms with Crippen LogP contribution in [0, 0.1) is 0 Å². The second-order valence-electron chi connectivity index (χ2n) is 7.50. The maximum Gasteiger partial charge on any atom is 0.417 e. The molecule has 8 nitrogen and oxygen atoms in total. The van der Waals surface area contributed by atoms with Crippen molar-refractivity contribution in [3.8, 4) is 0 Å². The van der Waals surface area contributed by atoms with Gasteiger partial charge in [-0.25, -0.2) is 4.79 Å². The zero-order valence-electron chi connectivity index (χ0n) is 18.0. The molecule has 1 unspecified atom stereocenters. The van der Waals surface area contributed by atoms with Crippen molar-refractivity contribution < 1.29 is 44.2 Å². The number of allylic oxidation sites excluding steroid dienone is 4. The third-order valence-electron chi connectivity index (χ3n) is 5.28. The summed E-state index contributed by atoms with van der Waals surface area (Å²) in [6.45, 7) is -0.933. The first kappa shape index (κ1) is 23.2. The van der Waals surface area contributed by atoms with Gasteiger partial charge in [-0.3, -0.25) is 0 Å². The molecular formula is C22H22F3NO7. The van der Waals surface area contributed by atoms with Crippen LogP contribution in [0.25, 0.3) is 11.0 Å². The molecule has 0 fully saturated rings. The number of aliphatic hydroxyl groups excluding tert-OH is 4. The number of halogens is 3. The van der Waals surface area contributed by atoms with Crippen LogP contribution in [-0.2, 0) is 11.0 Å². The van der Waals surface area contributed by atoms with Gasteiger partial charge in [0.2, 0.25) is 0 Å². The Bertz CT molecular complexity index is 1160. The van der Waals surface area contributed by atoms with Gasteiger partial charge in [-0.15, -0.1) is 0 Å². The fraction of sp³-hybridized carbons (Fsp3) is 0.364. The molecule has 1 aromatic carbocycles. The molecule has 0 saturated heterocycles. The topological polar surface area (TPSA) is 140 Å². The van der Waals surface area contributed by atoms with Crippen molar-refractivity contribution in [2.45, 2.75) is 42.9 Å². The van der Waals surface area contributed by atoms with E-state index in [0.29, 0.717) is 5.31 Å². The predicted octanol–water partition coefficient (Wildman–Crippen LogP) is 1.47. The minimum Gasteiger partial charge on any atom is -0.422 e. The number of benzene rings is 1. The van der Waals surface area contributed by atoms with Gasteiger partial charge in [0, 0.05) is 23.1 Å². The van der Waals surface area contributed by atoms with Gasteiger partial charge >= 0.3 is 11.8 Å². The highest BCUT2D eigenvalue weighted by Gasteiger charge is 2.39. The lowest BCUT2D eigenvalue weighted by molar-refractivity contribution is -0.137. The molecule has 0 bridgehead atoms. The Hall–Kier alpha value is -2.99. The van der Waals surface area contributed by atoms with Crippen molar-refractivity contribution in [2.75, 3.05) is 11.9 Å². The lowest BCUT2D eigenvalue weighted by Gasteiger charge is -2.27. The van der Waals surface area contributed by atoms with Crippen LogP contribution in [0.4, 0.5) is 18.9 Å². The summed E-state index contributed by atoms with van der Waals surface area (Å²) in [4.78, 5) is 24.1. The molecule has 0 radical (unpaired) electrons. The number of aldehydes is 1. The van der Waals surface area contributed by atoms with Crippen LogP contribution in [0.3, 0.4) is 0 Å². The minimum absolute atomic E-state index is 0.0819. The van der Waals surface area contributed by atoms with Crippen LogP contribution in [0.1, 0.15) is 23.5 Å². The van der Waals surface area contributed by atoms with E-state index in [1.54, 1.807) is 12.2 Å². The number of aliphatic hydroxyl groups is 4. The van der Waals surface area contributed by atoms with E-state index >= 15 is 0 Å². The molecule has 2 aromatic rings. The van der Waals surface area contributed by atoms with Crippen LogP contribution in [0.15, 0.2) is 51.7 Å². The van der Waals surface area contributed by atoms with Crippen molar-refractivity contribution >= 4 is 22.9 Å². The first-order chi connectivity index (χ1) is 16.0. The van der Waals surface area contributed by atoms with E-state index in [0.717, 1.165) is 18.2 Å². The normalized spacial score (nSPS) is 20.2. The number of hydrogen-bond donors (Lipinski definition) is 5. The zero-order chi connectivity index (χ0) is 25.2. The average molecular weight is 470 g/mol. The second-order valence-corrected chi connectivity index (χ2v) is 7.50. The molecular weight excluding hydrogens is 447 g/mol. The van der Waals surface area contributed by atoms with E-state index in [-0.39, 0.29) is 18.4 Å². The zero-order valence-corrected chi connectivity index (χ0v) is 17.0. The molecule has 11 heteroatoms. The Morgan fingerprint density at radius 1 is 1.24 bits per heavy atom. The smallest absolute Gasteiger partial charge is 0.417 e. The number of carbonyl (C=O) groups is 1. The summed E-state index contributed by atoms with van der Waals surface area (Å²) in [7, 11) is 0. The first-order valence-corrected chi connectivity index (χ1v) is 9.91. The number of rotatable bonds is 8. The quantitative estimate of drug-likeness (QED) is 0.289. The highest BCUT2D eigenvalue weighted by molar-refractivity contribution is 5.85. The number of hydrogen-bond acceptors (Lipinski definition) is 8. The van der Waals surface area contributed by atoms with Gasteiger partial charge in [-0.1, -0.05) is 24.3 Å². The largest absolute Gasteiger partial charge is 0.422 e. The van der Waals surface area contributed by atoms with E-state index in [1.807, 2.05) is 0 Å². The van der Waals surface area contributed by atoms with Crippen molar-refractivity contribution in [1.29, 1.82) is 0 Å². The fourth-order valence-corrected chi connectivity index (χ4v) is 3.62. The van der Waals surface area contributed by atoms with Gasteiger partial charge in [0.25, 0.3) is 0 Å². The molecule has 1 aliphatic carbocycles. The van der Waals surface area contributed by atoms with E-state index in [4.69, 9.17) is 10.9 Å². The second kappa shape index (κ2) is 9.87. The van der Waals surface area contributed by atoms with E-state index in [2.05, 4.69) is 0 Å². The molecule has 1 aliphatic rings. The molecule has 0 saturated carbocycles. The molecule has 0 aliphatic heterocycles. The van der Waals surface area contributed by atoms with Gasteiger partial charge in [0.05, 0.1) is 17.7 Å². The molecule has 33 heavy (non-hydrogen) atoms. The van der Waals surface area contributed by atoms with Crippen LogP contribution < -0.4 is 10.9 Å². The Morgan fingerprint density at radius 3 is 2.55 bits per heavy atom. The molecule has 178 valence electrons. The van der Waals surface area contributed by atoms with E-state index < -0.39 is 70.8 Å². The summed E-state index contributed by atoms with van der Waals surface area (Å²) in [5, 5.41) is 38.3. The van der Waals surface area contributed by atoms with Gasteiger partial charge in [-0.05, 0) is 18.6 Å². The predicted molar refractivity (Wildman–Crippen MR) is 112 cm³/mol. The van der Waals surface area contributed by atoms with Crippen molar-refractivity contribution in [3.05, 3.63) is 64.1 Å². The Balaban J connectivity index is 2.09. The molecule has 3 rings (SSSR count). The molecule has 5 atom stereocenters. The number of alkyl halides is 3. The summed E-state index contributed by atoms with van der Waals surface area (Å²) in [6, 6.07) is 1.19. The number of carbonyl (C=O) groups excluding carboxylic acids is 1. The fourth-order valence-electron chi connectivity index (χ4n) is 3.62. The SMILES string of the molecule is [2H]N(c1ccc2c(C(F)(F)F)c(C3C=CC=CC3)c(=O)oc2c1)[C@@H](C=O)[C@@H](O)[C@H](O)[C@H](O)CO. The average Bonchev–Trinajstić information content (AvgIpc) is 2.81. The van der Waals surface area contributed by atoms with E-state index in [1.165, 1.54) is 12.2 Å². The summed E-state index contributed by atoms with van der Waals surface area (Å²) in [6.07, 6.45) is -4.19. The molecule has 1 aromatic heterocycles. The first-order valence-electron chi connectivity index (χ1n) is 10.4. The van der Waals surface area contributed by atoms with Crippen LogP contribution in [0.2, 0.25) is 1.41 Å². The van der Waals surface area contributed by atoms with Gasteiger partial charge in [0.1, 0.15) is 36.2 Å². The van der Waals surface area contributed by atoms with Crippen LogP contribution in [-0.4, -0.2) is 57.7 Å². The highest BCUT2D eigenvalue weighted by atomic mass is 19.4. The number of anilines is 1. The molecule has 1 heterocycles. The van der Waals surface area contributed by atoms with Crippen molar-refractivity contribution in [1.82, 2.24) is 0 Å². The Morgan fingerprint density at radius 2 is 1.97 bits per heavy atom. The summed E-state index contributed by atoms with van der Waals surface area (Å²) < 4.78 is 55.4. The summed E-state index contributed by atoms with van der Waals surface area (Å²) in [5.74, 6) is -0.844. The lowest BCUT2D eigenvalue weighted by Crippen LogP contribution is -2.49. The highest BCUT2D eigenvalue weighted by Crippen LogP contribution is 2.40. The molecule has 5 N–H and O–H groups in total. The third-order valence-corrected chi connectivity index (χ3v) is 5.28. The van der Waals surface area contributed by atoms with Crippen molar-refractivity contribution in [2.24, 2.45) is 0 Å². The number of fused-ring (bicyclic) bond motifs is 1. The lowest BCUT2D eigenvalue weighted by atomic mass is 9.88. The van der Waals surface area contributed by atoms with Crippen molar-refractivity contribution in [3.63, 3.8) is 0 Å². The van der Waals surface area contributed by atoms with Crippen LogP contribution >= 0.6 is 0 Å². The summed E-state index contributed by atoms with van der Waals surface area (Å²) >= 11 is 0. The standard InChI is InChI=1S/C22H22F3NO7/c23-22(24,25)18-13-7-6-12(26-14(9-27)19(30)20(31)15(29)10-28)8-16(13)33-21(32)17(18)11-4-2-1-3-5-11/h1-4,6-9,11,14-15,19-20,26,28-31H,5,10H2/t11?,14-,15+,19+,20+/m0/s1/i/hD. The maximum atomic E-state index is 14.0. The summed E-state index contributed by atoms with van der Waals surface area (Å²) in [5.41, 5.74) is -3.65. The Labute approximate surface area is 186 Å². The van der Waals surface area contributed by atoms with Gasteiger partial charge < -0.3 is 34.9 Å². The van der Waals surface area contributed by atoms with Crippen LogP contribution in [0.5, 0.6) is 0 Å².